The normalized spacial score (nSPS) is 21.3. The van der Waals surface area contributed by atoms with Crippen LogP contribution in [0.2, 0.25) is 0 Å². The first-order valence-electron chi connectivity index (χ1n) is 4.72. The second-order valence-electron chi connectivity index (χ2n) is 3.69. The van der Waals surface area contributed by atoms with Crippen molar-refractivity contribution < 1.29 is 14.3 Å². The number of carbonyl (C=O) groups excluding carboxylic acids is 2. The Morgan fingerprint density at radius 3 is 2.79 bits per heavy atom. The largest absolute Gasteiger partial charge is 0.442 e. The highest BCUT2D eigenvalue weighted by molar-refractivity contribution is 5.73. The quantitative estimate of drug-likeness (QED) is 0.715. The van der Waals surface area contributed by atoms with Crippen molar-refractivity contribution in [1.29, 1.82) is 0 Å². The predicted molar refractivity (Wildman–Crippen MR) is 50.8 cm³/mol. The Hall–Kier alpha value is -1.26. The summed E-state index contributed by atoms with van der Waals surface area (Å²) in [5.41, 5.74) is 0. The Bertz CT molecular complexity index is 240. The third-order valence-electron chi connectivity index (χ3n) is 2.10. The van der Waals surface area contributed by atoms with Crippen LogP contribution in [0.5, 0.6) is 0 Å². The molecular formula is C9H16N2O3. The van der Waals surface area contributed by atoms with E-state index in [9.17, 15) is 9.59 Å². The number of hydrogen-bond donors (Lipinski definition) is 1. The van der Waals surface area contributed by atoms with Crippen molar-refractivity contribution >= 4 is 12.0 Å². The van der Waals surface area contributed by atoms with Crippen molar-refractivity contribution in [3.05, 3.63) is 0 Å². The highest BCUT2D eigenvalue weighted by Gasteiger charge is 2.32. The molecule has 0 aliphatic carbocycles. The van der Waals surface area contributed by atoms with Gasteiger partial charge >= 0.3 is 6.09 Å². The van der Waals surface area contributed by atoms with Crippen LogP contribution in [0.4, 0.5) is 4.79 Å². The minimum Gasteiger partial charge on any atom is -0.442 e. The highest BCUT2D eigenvalue weighted by Crippen LogP contribution is 2.13. The topological polar surface area (TPSA) is 58.6 Å². The predicted octanol–water partition coefficient (Wildman–Crippen LogP) is 0.352. The summed E-state index contributed by atoms with van der Waals surface area (Å²) in [7, 11) is 0. The summed E-state index contributed by atoms with van der Waals surface area (Å²) >= 11 is 0. The van der Waals surface area contributed by atoms with Gasteiger partial charge in [-0.05, 0) is 13.8 Å². The van der Waals surface area contributed by atoms with E-state index in [0.717, 1.165) is 0 Å². The molecule has 0 spiro atoms. The van der Waals surface area contributed by atoms with Gasteiger partial charge in [-0.15, -0.1) is 0 Å². The number of amides is 2. The molecule has 1 saturated heterocycles. The molecule has 1 aliphatic rings. The maximum Gasteiger partial charge on any atom is 0.410 e. The first-order chi connectivity index (χ1) is 6.50. The summed E-state index contributed by atoms with van der Waals surface area (Å²) in [5, 5.41) is 2.62. The molecule has 0 bridgehead atoms. The molecule has 1 aliphatic heterocycles. The zero-order valence-electron chi connectivity index (χ0n) is 8.74. The minimum absolute atomic E-state index is 0.107. The van der Waals surface area contributed by atoms with Crippen LogP contribution in [-0.2, 0) is 9.53 Å². The third kappa shape index (κ3) is 2.61. The van der Waals surface area contributed by atoms with E-state index in [4.69, 9.17) is 4.74 Å². The molecule has 5 nitrogen and oxygen atoms in total. The molecule has 14 heavy (non-hydrogen) atoms. The molecule has 0 saturated carbocycles. The summed E-state index contributed by atoms with van der Waals surface area (Å²) in [6.45, 7) is 6.25. The van der Waals surface area contributed by atoms with Gasteiger partial charge in [0.25, 0.3) is 0 Å². The van der Waals surface area contributed by atoms with Crippen molar-refractivity contribution in [2.24, 2.45) is 0 Å². The molecule has 80 valence electrons. The fourth-order valence-electron chi connectivity index (χ4n) is 1.33. The van der Waals surface area contributed by atoms with Gasteiger partial charge in [-0.2, -0.15) is 0 Å². The average Bonchev–Trinajstić information content (AvgIpc) is 2.43. The number of carbonyl (C=O) groups is 2. The first kappa shape index (κ1) is 10.8. The summed E-state index contributed by atoms with van der Waals surface area (Å²) in [6.07, 6.45) is -0.510. The lowest BCUT2D eigenvalue weighted by Crippen LogP contribution is -2.35. The van der Waals surface area contributed by atoms with Crippen LogP contribution >= 0.6 is 0 Å². The smallest absolute Gasteiger partial charge is 0.410 e. The molecule has 1 heterocycles. The number of nitrogens with one attached hydrogen (secondary N) is 1. The monoisotopic (exact) mass is 200 g/mol. The van der Waals surface area contributed by atoms with Crippen LogP contribution in [-0.4, -0.2) is 42.1 Å². The second kappa shape index (κ2) is 4.30. The Labute approximate surface area is 83.4 Å². The first-order valence-corrected chi connectivity index (χ1v) is 4.72. The number of ether oxygens (including phenoxy) is 1. The summed E-state index contributed by atoms with van der Waals surface area (Å²) in [5.74, 6) is -0.107. The van der Waals surface area contributed by atoms with Crippen molar-refractivity contribution in [2.45, 2.75) is 32.9 Å². The van der Waals surface area contributed by atoms with Gasteiger partial charge in [-0.3, -0.25) is 4.79 Å². The van der Waals surface area contributed by atoms with E-state index >= 15 is 0 Å². The van der Waals surface area contributed by atoms with Crippen LogP contribution < -0.4 is 5.32 Å². The van der Waals surface area contributed by atoms with Gasteiger partial charge in [0.15, 0.2) is 0 Å². The molecule has 2 amide bonds. The van der Waals surface area contributed by atoms with E-state index in [-0.39, 0.29) is 24.1 Å². The fraction of sp³-hybridized carbons (Fsp3) is 0.778. The zero-order valence-corrected chi connectivity index (χ0v) is 8.74. The second-order valence-corrected chi connectivity index (χ2v) is 3.69. The average molecular weight is 200 g/mol. The van der Waals surface area contributed by atoms with Crippen molar-refractivity contribution in [2.75, 3.05) is 13.1 Å². The summed E-state index contributed by atoms with van der Waals surface area (Å²) < 4.78 is 5.06. The molecule has 0 aromatic carbocycles. The molecule has 1 atom stereocenters. The van der Waals surface area contributed by atoms with Gasteiger partial charge in [0.1, 0.15) is 6.10 Å². The van der Waals surface area contributed by atoms with Crippen LogP contribution in [0.3, 0.4) is 0 Å². The van der Waals surface area contributed by atoms with Crippen molar-refractivity contribution in [3.63, 3.8) is 0 Å². The van der Waals surface area contributed by atoms with Gasteiger partial charge in [-0.25, -0.2) is 4.79 Å². The zero-order chi connectivity index (χ0) is 10.7. The Morgan fingerprint density at radius 2 is 2.36 bits per heavy atom. The lowest BCUT2D eigenvalue weighted by atomic mass is 10.3. The highest BCUT2D eigenvalue weighted by atomic mass is 16.6. The van der Waals surface area contributed by atoms with Gasteiger partial charge in [0, 0.05) is 13.0 Å². The SMILES string of the molecule is CC(=O)NC[C@H]1CN(C(C)C)C(=O)O1. The number of nitrogens with zero attached hydrogens (tertiary/aromatic N) is 1. The van der Waals surface area contributed by atoms with E-state index in [2.05, 4.69) is 5.32 Å². The maximum atomic E-state index is 11.3. The van der Waals surface area contributed by atoms with Gasteiger partial charge in [-0.1, -0.05) is 0 Å². The minimum atomic E-state index is -0.296. The summed E-state index contributed by atoms with van der Waals surface area (Å²) in [4.78, 5) is 23.5. The number of rotatable bonds is 3. The number of cyclic esters (lactones) is 1. The van der Waals surface area contributed by atoms with Crippen LogP contribution in [0.25, 0.3) is 0 Å². The Morgan fingerprint density at radius 1 is 1.71 bits per heavy atom. The standard InChI is InChI=1S/C9H16N2O3/c1-6(2)11-5-8(14-9(11)13)4-10-7(3)12/h6,8H,4-5H2,1-3H3,(H,10,12)/t8-/m0/s1. The van der Waals surface area contributed by atoms with E-state index in [1.807, 2.05) is 13.8 Å². The van der Waals surface area contributed by atoms with Crippen molar-refractivity contribution in [3.8, 4) is 0 Å². The van der Waals surface area contributed by atoms with E-state index in [1.54, 1.807) is 4.90 Å². The van der Waals surface area contributed by atoms with Crippen LogP contribution in [0.1, 0.15) is 20.8 Å². The lowest BCUT2D eigenvalue weighted by molar-refractivity contribution is -0.119. The Balaban J connectivity index is 2.39. The molecule has 0 aromatic heterocycles. The molecule has 1 fully saturated rings. The van der Waals surface area contributed by atoms with Crippen LogP contribution in [0.15, 0.2) is 0 Å². The molecule has 1 N–H and O–H groups in total. The molecule has 0 unspecified atom stereocenters. The van der Waals surface area contributed by atoms with E-state index < -0.39 is 0 Å². The molecule has 1 rings (SSSR count). The van der Waals surface area contributed by atoms with Gasteiger partial charge in [0.05, 0.1) is 13.1 Å². The maximum absolute atomic E-state index is 11.3. The van der Waals surface area contributed by atoms with Crippen LogP contribution in [0, 0.1) is 0 Å². The van der Waals surface area contributed by atoms with Gasteiger partial charge in [0.2, 0.25) is 5.91 Å². The molecule has 0 radical (unpaired) electrons. The lowest BCUT2D eigenvalue weighted by Gasteiger charge is -2.16. The van der Waals surface area contributed by atoms with Crippen molar-refractivity contribution in [1.82, 2.24) is 10.2 Å². The fourth-order valence-corrected chi connectivity index (χ4v) is 1.33. The molecular weight excluding hydrogens is 184 g/mol. The van der Waals surface area contributed by atoms with E-state index in [1.165, 1.54) is 6.92 Å². The third-order valence-corrected chi connectivity index (χ3v) is 2.10. The van der Waals surface area contributed by atoms with E-state index in [0.29, 0.717) is 13.1 Å². The Kier molecular flexibility index (Phi) is 3.33. The number of hydrogen-bond acceptors (Lipinski definition) is 3. The molecule has 5 heteroatoms. The van der Waals surface area contributed by atoms with Gasteiger partial charge < -0.3 is 15.0 Å². The summed E-state index contributed by atoms with van der Waals surface area (Å²) in [6, 6.07) is 0.143. The molecule has 0 aromatic rings.